The van der Waals surface area contributed by atoms with Crippen molar-refractivity contribution in [2.24, 2.45) is 5.41 Å². The molecule has 0 saturated carbocycles. The summed E-state index contributed by atoms with van der Waals surface area (Å²) in [5.41, 5.74) is 0.655. The molecule has 0 spiro atoms. The van der Waals surface area contributed by atoms with Gasteiger partial charge in [0.05, 0.1) is 13.1 Å². The highest BCUT2D eigenvalue weighted by atomic mass is 79.9. The Morgan fingerprint density at radius 3 is 2.67 bits per heavy atom. The fourth-order valence-electron chi connectivity index (χ4n) is 1.56. The first kappa shape index (κ1) is 16.1. The summed E-state index contributed by atoms with van der Waals surface area (Å²) in [6.45, 7) is 4.97. The molecule has 2 N–H and O–H groups in total. The van der Waals surface area contributed by atoms with E-state index < -0.39 is 0 Å². The van der Waals surface area contributed by atoms with Crippen LogP contribution in [0.3, 0.4) is 0 Å². The minimum Gasteiger partial charge on any atom is -0.396 e. The first-order valence-corrected chi connectivity index (χ1v) is 8.10. The van der Waals surface area contributed by atoms with Gasteiger partial charge in [0.15, 0.2) is 0 Å². The number of amides is 1. The molecule has 1 heterocycles. The van der Waals surface area contributed by atoms with E-state index in [9.17, 15) is 4.79 Å². The number of aliphatic hydroxyl groups excluding tert-OH is 1. The molecule has 102 valence electrons. The van der Waals surface area contributed by atoms with Gasteiger partial charge in [-0.05, 0) is 56.2 Å². The second-order valence-electron chi connectivity index (χ2n) is 4.91. The van der Waals surface area contributed by atoms with Gasteiger partial charge in [-0.25, -0.2) is 0 Å². The van der Waals surface area contributed by atoms with Crippen molar-refractivity contribution >= 4 is 49.1 Å². The molecule has 0 aromatic carbocycles. The van der Waals surface area contributed by atoms with Crippen LogP contribution in [-0.4, -0.2) is 24.2 Å². The summed E-state index contributed by atoms with van der Waals surface area (Å²) < 4.78 is 1.76. The summed E-state index contributed by atoms with van der Waals surface area (Å²) >= 11 is 8.22. The van der Waals surface area contributed by atoms with Gasteiger partial charge in [0, 0.05) is 13.2 Å². The highest BCUT2D eigenvalue weighted by Gasteiger charge is 2.20. The molecule has 18 heavy (non-hydrogen) atoms. The summed E-state index contributed by atoms with van der Waals surface area (Å²) in [7, 11) is 0. The Morgan fingerprint density at radius 2 is 2.17 bits per heavy atom. The second kappa shape index (κ2) is 7.03. The topological polar surface area (TPSA) is 49.3 Å². The zero-order valence-corrected chi connectivity index (χ0v) is 14.4. The highest BCUT2D eigenvalue weighted by molar-refractivity contribution is 9.12. The molecule has 1 rings (SSSR count). The number of halogens is 2. The standard InChI is InChI=1S/C12H17Br2NO2S/c1-12(2,4-3-5-16)7-15-11(17)8-6-9(13)18-10(8)14/h6,16H,3-5,7H2,1-2H3,(H,15,17). The summed E-state index contributed by atoms with van der Waals surface area (Å²) in [5, 5.41) is 11.8. The van der Waals surface area contributed by atoms with E-state index in [0.717, 1.165) is 20.4 Å². The lowest BCUT2D eigenvalue weighted by Crippen LogP contribution is -2.34. The van der Waals surface area contributed by atoms with Crippen LogP contribution in [0.15, 0.2) is 13.6 Å². The van der Waals surface area contributed by atoms with Gasteiger partial charge in [-0.1, -0.05) is 13.8 Å². The molecule has 0 fully saturated rings. The van der Waals surface area contributed by atoms with Crippen molar-refractivity contribution in [1.29, 1.82) is 0 Å². The lowest BCUT2D eigenvalue weighted by Gasteiger charge is -2.24. The van der Waals surface area contributed by atoms with E-state index in [-0.39, 0.29) is 17.9 Å². The Kier molecular flexibility index (Phi) is 6.30. The molecule has 0 saturated heterocycles. The normalized spacial score (nSPS) is 11.6. The zero-order valence-electron chi connectivity index (χ0n) is 10.4. The summed E-state index contributed by atoms with van der Waals surface area (Å²) in [4.78, 5) is 12.0. The Hall–Kier alpha value is 0.0900. The smallest absolute Gasteiger partial charge is 0.253 e. The minimum atomic E-state index is -0.0686. The van der Waals surface area contributed by atoms with Crippen LogP contribution in [-0.2, 0) is 0 Å². The van der Waals surface area contributed by atoms with Gasteiger partial charge in [0.25, 0.3) is 5.91 Å². The maximum absolute atomic E-state index is 12.0. The summed E-state index contributed by atoms with van der Waals surface area (Å²) in [6.07, 6.45) is 1.65. The molecule has 0 aliphatic heterocycles. The first-order valence-electron chi connectivity index (χ1n) is 5.69. The largest absolute Gasteiger partial charge is 0.396 e. The Balaban J connectivity index is 2.53. The molecular formula is C12H17Br2NO2S. The Labute approximate surface area is 128 Å². The molecule has 1 aromatic rings. The number of aliphatic hydroxyl groups is 1. The molecule has 0 aliphatic carbocycles. The molecule has 6 heteroatoms. The SMILES string of the molecule is CC(C)(CCCO)CNC(=O)c1cc(Br)sc1Br. The van der Waals surface area contributed by atoms with E-state index in [1.165, 1.54) is 11.3 Å². The van der Waals surface area contributed by atoms with Gasteiger partial charge in [-0.15, -0.1) is 11.3 Å². The predicted octanol–water partition coefficient (Wildman–Crippen LogP) is 3.80. The molecule has 0 radical (unpaired) electrons. The average molecular weight is 399 g/mol. The van der Waals surface area contributed by atoms with Crippen LogP contribution in [0.1, 0.15) is 37.0 Å². The van der Waals surface area contributed by atoms with Gasteiger partial charge in [-0.3, -0.25) is 4.79 Å². The number of thiophene rings is 1. The summed E-state index contributed by atoms with van der Waals surface area (Å²) in [6, 6.07) is 1.81. The molecule has 1 amide bonds. The highest BCUT2D eigenvalue weighted by Crippen LogP contribution is 2.32. The molecular weight excluding hydrogens is 382 g/mol. The summed E-state index contributed by atoms with van der Waals surface area (Å²) in [5.74, 6) is -0.0686. The van der Waals surface area contributed by atoms with E-state index in [1.807, 2.05) is 6.07 Å². The van der Waals surface area contributed by atoms with E-state index >= 15 is 0 Å². The fraction of sp³-hybridized carbons (Fsp3) is 0.583. The van der Waals surface area contributed by atoms with Crippen molar-refractivity contribution in [2.45, 2.75) is 26.7 Å². The number of hydrogen-bond acceptors (Lipinski definition) is 3. The molecule has 1 aromatic heterocycles. The van der Waals surface area contributed by atoms with Crippen LogP contribution < -0.4 is 5.32 Å². The number of carbonyl (C=O) groups is 1. The molecule has 0 bridgehead atoms. The van der Waals surface area contributed by atoms with E-state index in [1.54, 1.807) is 0 Å². The number of hydrogen-bond donors (Lipinski definition) is 2. The Bertz CT molecular complexity index is 418. The quantitative estimate of drug-likeness (QED) is 0.765. The van der Waals surface area contributed by atoms with Gasteiger partial charge < -0.3 is 10.4 Å². The molecule has 0 aliphatic rings. The van der Waals surface area contributed by atoms with Crippen molar-refractivity contribution in [2.75, 3.05) is 13.2 Å². The zero-order chi connectivity index (χ0) is 13.8. The minimum absolute atomic E-state index is 0.00187. The van der Waals surface area contributed by atoms with Gasteiger partial charge in [-0.2, -0.15) is 0 Å². The van der Waals surface area contributed by atoms with E-state index in [2.05, 4.69) is 51.0 Å². The Morgan fingerprint density at radius 1 is 1.50 bits per heavy atom. The van der Waals surface area contributed by atoms with Crippen molar-refractivity contribution in [3.63, 3.8) is 0 Å². The van der Waals surface area contributed by atoms with Crippen LogP contribution in [0.5, 0.6) is 0 Å². The predicted molar refractivity (Wildman–Crippen MR) is 82.2 cm³/mol. The van der Waals surface area contributed by atoms with Crippen molar-refractivity contribution < 1.29 is 9.90 Å². The van der Waals surface area contributed by atoms with Crippen molar-refractivity contribution in [3.8, 4) is 0 Å². The van der Waals surface area contributed by atoms with Crippen LogP contribution >= 0.6 is 43.2 Å². The van der Waals surface area contributed by atoms with Gasteiger partial charge in [0.1, 0.15) is 0 Å². The number of nitrogens with one attached hydrogen (secondary N) is 1. The number of rotatable bonds is 6. The van der Waals surface area contributed by atoms with Gasteiger partial charge in [0.2, 0.25) is 0 Å². The van der Waals surface area contributed by atoms with Crippen LogP contribution in [0.25, 0.3) is 0 Å². The lowest BCUT2D eigenvalue weighted by molar-refractivity contribution is 0.0932. The van der Waals surface area contributed by atoms with E-state index in [0.29, 0.717) is 12.1 Å². The molecule has 0 atom stereocenters. The third kappa shape index (κ3) is 4.99. The maximum Gasteiger partial charge on any atom is 0.253 e. The average Bonchev–Trinajstić information content (AvgIpc) is 2.63. The number of carbonyl (C=O) groups excluding carboxylic acids is 1. The van der Waals surface area contributed by atoms with E-state index in [4.69, 9.17) is 5.11 Å². The van der Waals surface area contributed by atoms with Crippen molar-refractivity contribution in [3.05, 3.63) is 19.2 Å². The van der Waals surface area contributed by atoms with Crippen molar-refractivity contribution in [1.82, 2.24) is 5.32 Å². The monoisotopic (exact) mass is 397 g/mol. The first-order chi connectivity index (χ1) is 8.35. The van der Waals surface area contributed by atoms with Crippen LogP contribution in [0.4, 0.5) is 0 Å². The third-order valence-electron chi connectivity index (χ3n) is 2.64. The third-order valence-corrected chi connectivity index (χ3v) is 4.98. The van der Waals surface area contributed by atoms with Gasteiger partial charge >= 0.3 is 0 Å². The lowest BCUT2D eigenvalue weighted by atomic mass is 9.88. The van der Waals surface area contributed by atoms with Crippen LogP contribution in [0, 0.1) is 5.41 Å². The molecule has 3 nitrogen and oxygen atoms in total. The second-order valence-corrected chi connectivity index (χ2v) is 8.66. The van der Waals surface area contributed by atoms with Crippen LogP contribution in [0.2, 0.25) is 0 Å². The molecule has 0 unspecified atom stereocenters. The fourth-order valence-corrected chi connectivity index (χ4v) is 4.35. The maximum atomic E-state index is 12.0.